The number of rotatable bonds is 3. The molecule has 5 nitrogen and oxygen atoms in total. The summed E-state index contributed by atoms with van der Waals surface area (Å²) in [5.41, 5.74) is 4.28. The molecule has 1 N–H and O–H groups in total. The van der Waals surface area contributed by atoms with Crippen LogP contribution in [0.25, 0.3) is 22.0 Å². The third-order valence-corrected chi connectivity index (χ3v) is 4.27. The van der Waals surface area contributed by atoms with Crippen molar-refractivity contribution in [1.29, 1.82) is 0 Å². The highest BCUT2D eigenvalue weighted by atomic mass is 16.4. The summed E-state index contributed by atoms with van der Waals surface area (Å²) in [4.78, 5) is 27.9. The van der Waals surface area contributed by atoms with E-state index in [4.69, 9.17) is 0 Å². The van der Waals surface area contributed by atoms with Gasteiger partial charge in [0.15, 0.2) is 0 Å². The van der Waals surface area contributed by atoms with E-state index >= 15 is 0 Å². The third kappa shape index (κ3) is 2.48. The molecule has 1 aromatic carbocycles. The van der Waals surface area contributed by atoms with Gasteiger partial charge in [0.1, 0.15) is 5.56 Å². The molecule has 0 fully saturated rings. The minimum atomic E-state index is -1.20. The number of aromatic carboxylic acids is 1. The van der Waals surface area contributed by atoms with Crippen LogP contribution in [0.1, 0.15) is 28.4 Å². The van der Waals surface area contributed by atoms with Gasteiger partial charge in [0.05, 0.1) is 5.52 Å². The summed E-state index contributed by atoms with van der Waals surface area (Å²) in [7, 11) is 0. The van der Waals surface area contributed by atoms with E-state index in [2.05, 4.69) is 4.98 Å². The normalized spacial score (nSPS) is 11.0. The number of nitrogens with zero attached hydrogens (tertiary/aromatic N) is 2. The summed E-state index contributed by atoms with van der Waals surface area (Å²) >= 11 is 0. The molecule has 2 heterocycles. The highest BCUT2D eigenvalue weighted by molar-refractivity contribution is 5.94. The number of benzene rings is 1. The van der Waals surface area contributed by atoms with Gasteiger partial charge in [-0.25, -0.2) is 4.79 Å². The maximum atomic E-state index is 12.4. The van der Waals surface area contributed by atoms with Gasteiger partial charge in [-0.15, -0.1) is 0 Å². The largest absolute Gasteiger partial charge is 0.477 e. The van der Waals surface area contributed by atoms with Gasteiger partial charge in [-0.3, -0.25) is 9.78 Å². The first kappa shape index (κ1) is 15.9. The van der Waals surface area contributed by atoms with Crippen LogP contribution in [0.5, 0.6) is 0 Å². The fourth-order valence-corrected chi connectivity index (χ4v) is 3.12. The molecule has 5 heteroatoms. The van der Waals surface area contributed by atoms with Gasteiger partial charge in [-0.05, 0) is 55.2 Å². The van der Waals surface area contributed by atoms with Gasteiger partial charge in [0.2, 0.25) is 5.43 Å². The molecule has 0 aliphatic heterocycles. The Morgan fingerprint density at radius 3 is 2.46 bits per heavy atom. The first-order chi connectivity index (χ1) is 11.4. The molecular formula is C19H18N2O3. The van der Waals surface area contributed by atoms with Gasteiger partial charge < -0.3 is 9.67 Å². The summed E-state index contributed by atoms with van der Waals surface area (Å²) in [6.45, 7) is 6.50. The number of aryl methyl sites for hydroxylation is 3. The maximum Gasteiger partial charge on any atom is 0.341 e. The minimum absolute atomic E-state index is 0.201. The SMILES string of the molecule is CCn1cc(C(=O)O)c(=O)c2ccc(-c3c(C)cncc3C)cc21. The van der Waals surface area contributed by atoms with Crippen LogP contribution in [0.4, 0.5) is 0 Å². The molecule has 0 unspecified atom stereocenters. The van der Waals surface area contributed by atoms with Gasteiger partial charge in [0, 0.05) is 30.5 Å². The van der Waals surface area contributed by atoms with Crippen LogP contribution in [0, 0.1) is 13.8 Å². The Morgan fingerprint density at radius 1 is 1.21 bits per heavy atom. The summed E-state index contributed by atoms with van der Waals surface area (Å²) < 4.78 is 1.80. The number of hydrogen-bond donors (Lipinski definition) is 1. The van der Waals surface area contributed by atoms with Crippen molar-refractivity contribution in [2.75, 3.05) is 0 Å². The number of aromatic nitrogens is 2. The lowest BCUT2D eigenvalue weighted by Crippen LogP contribution is -2.18. The van der Waals surface area contributed by atoms with Crippen molar-refractivity contribution in [3.8, 4) is 11.1 Å². The van der Waals surface area contributed by atoms with E-state index in [0.717, 1.165) is 27.8 Å². The minimum Gasteiger partial charge on any atom is -0.477 e. The standard InChI is InChI=1S/C19H18N2O3/c1-4-21-10-15(19(23)24)18(22)14-6-5-13(7-16(14)21)17-11(2)8-20-9-12(17)3/h5-10H,4H2,1-3H3,(H,23,24). The van der Waals surface area contributed by atoms with Crippen molar-refractivity contribution < 1.29 is 9.90 Å². The number of hydrogen-bond acceptors (Lipinski definition) is 3. The lowest BCUT2D eigenvalue weighted by atomic mass is 9.96. The van der Waals surface area contributed by atoms with Crippen molar-refractivity contribution >= 4 is 16.9 Å². The van der Waals surface area contributed by atoms with Crippen molar-refractivity contribution in [1.82, 2.24) is 9.55 Å². The van der Waals surface area contributed by atoms with Crippen LogP contribution in [0.2, 0.25) is 0 Å². The monoisotopic (exact) mass is 322 g/mol. The topological polar surface area (TPSA) is 72.2 Å². The smallest absolute Gasteiger partial charge is 0.341 e. The van der Waals surface area contributed by atoms with Crippen molar-refractivity contribution in [3.05, 3.63) is 63.7 Å². The zero-order valence-electron chi connectivity index (χ0n) is 13.8. The molecule has 0 amide bonds. The molecule has 0 atom stereocenters. The second-order valence-corrected chi connectivity index (χ2v) is 5.84. The molecule has 0 aliphatic rings. The van der Waals surface area contributed by atoms with Crippen LogP contribution in [-0.2, 0) is 6.54 Å². The summed E-state index contributed by atoms with van der Waals surface area (Å²) in [6.07, 6.45) is 5.04. The molecule has 24 heavy (non-hydrogen) atoms. The van der Waals surface area contributed by atoms with E-state index in [1.54, 1.807) is 10.6 Å². The van der Waals surface area contributed by atoms with Gasteiger partial charge >= 0.3 is 5.97 Å². The molecule has 0 radical (unpaired) electrons. The van der Waals surface area contributed by atoms with Crippen LogP contribution >= 0.6 is 0 Å². The maximum absolute atomic E-state index is 12.4. The van der Waals surface area contributed by atoms with E-state index < -0.39 is 11.4 Å². The molecule has 0 bridgehead atoms. The van der Waals surface area contributed by atoms with Crippen molar-refractivity contribution in [3.63, 3.8) is 0 Å². The number of pyridine rings is 2. The summed E-state index contributed by atoms with van der Waals surface area (Å²) in [5.74, 6) is -1.20. The average molecular weight is 322 g/mol. The lowest BCUT2D eigenvalue weighted by molar-refractivity contribution is 0.0695. The first-order valence-electron chi connectivity index (χ1n) is 7.76. The van der Waals surface area contributed by atoms with Crippen LogP contribution in [-0.4, -0.2) is 20.6 Å². The van der Waals surface area contributed by atoms with Crippen molar-refractivity contribution in [2.24, 2.45) is 0 Å². The highest BCUT2D eigenvalue weighted by Gasteiger charge is 2.15. The Labute approximate surface area is 139 Å². The first-order valence-corrected chi connectivity index (χ1v) is 7.76. The van der Waals surface area contributed by atoms with Crippen molar-refractivity contribution in [2.45, 2.75) is 27.3 Å². The second kappa shape index (κ2) is 5.92. The van der Waals surface area contributed by atoms with Gasteiger partial charge in [-0.1, -0.05) is 6.07 Å². The Hall–Kier alpha value is -2.95. The number of carboxylic acid groups (broad SMARTS) is 1. The Kier molecular flexibility index (Phi) is 3.93. The molecular weight excluding hydrogens is 304 g/mol. The van der Waals surface area contributed by atoms with E-state index in [9.17, 15) is 14.7 Å². The molecule has 0 saturated heterocycles. The fraction of sp³-hybridized carbons (Fsp3) is 0.211. The third-order valence-electron chi connectivity index (χ3n) is 4.27. The van der Waals surface area contributed by atoms with E-state index in [0.29, 0.717) is 11.9 Å². The molecule has 0 aliphatic carbocycles. The molecule has 3 rings (SSSR count). The van der Waals surface area contributed by atoms with E-state index in [1.807, 2.05) is 45.3 Å². The average Bonchev–Trinajstić information content (AvgIpc) is 2.54. The number of carbonyl (C=O) groups is 1. The molecule has 0 spiro atoms. The van der Waals surface area contributed by atoms with Gasteiger partial charge in [-0.2, -0.15) is 0 Å². The van der Waals surface area contributed by atoms with Crippen LogP contribution < -0.4 is 5.43 Å². The second-order valence-electron chi connectivity index (χ2n) is 5.84. The molecule has 3 aromatic rings. The van der Waals surface area contributed by atoms with E-state index in [-0.39, 0.29) is 5.56 Å². The van der Waals surface area contributed by atoms with Crippen LogP contribution in [0.3, 0.4) is 0 Å². The number of carboxylic acids is 1. The zero-order valence-corrected chi connectivity index (χ0v) is 13.8. The predicted octanol–water partition coefficient (Wildman–Crippen LogP) is 3.40. The predicted molar refractivity (Wildman–Crippen MR) is 93.5 cm³/mol. The van der Waals surface area contributed by atoms with Crippen LogP contribution in [0.15, 0.2) is 41.6 Å². The Morgan fingerprint density at radius 2 is 1.88 bits per heavy atom. The molecule has 2 aromatic heterocycles. The fourth-order valence-electron chi connectivity index (χ4n) is 3.12. The lowest BCUT2D eigenvalue weighted by Gasteiger charge is -2.14. The number of fused-ring (bicyclic) bond motifs is 1. The summed E-state index contributed by atoms with van der Waals surface area (Å²) in [6, 6.07) is 5.52. The summed E-state index contributed by atoms with van der Waals surface area (Å²) in [5, 5.41) is 9.65. The zero-order chi connectivity index (χ0) is 17.4. The quantitative estimate of drug-likeness (QED) is 0.802. The Bertz CT molecular complexity index is 999. The van der Waals surface area contributed by atoms with E-state index in [1.165, 1.54) is 6.20 Å². The molecule has 122 valence electrons. The Balaban J connectivity index is 2.35. The van der Waals surface area contributed by atoms with Gasteiger partial charge in [0.25, 0.3) is 0 Å². The molecule has 0 saturated carbocycles. The highest BCUT2D eigenvalue weighted by Crippen LogP contribution is 2.28.